The average Bonchev–Trinajstić information content (AvgIpc) is 2.69. The molecule has 3 heterocycles. The molecule has 2 aliphatic rings. The van der Waals surface area contributed by atoms with E-state index >= 15 is 0 Å². The Morgan fingerprint density at radius 3 is 2.63 bits per heavy atom. The maximum Gasteiger partial charge on any atom is 0.257 e. The summed E-state index contributed by atoms with van der Waals surface area (Å²) in [5.74, 6) is -1.23. The Bertz CT molecular complexity index is 740. The third kappa shape index (κ3) is 4.21. The van der Waals surface area contributed by atoms with Gasteiger partial charge in [0.15, 0.2) is 0 Å². The van der Waals surface area contributed by atoms with E-state index in [1.807, 2.05) is 0 Å². The Hall–Kier alpha value is -3.04. The lowest BCUT2D eigenvalue weighted by Crippen LogP contribution is -2.63. The summed E-state index contributed by atoms with van der Waals surface area (Å²) in [6, 6.07) is -1.51. The normalized spacial score (nSPS) is 22.8. The van der Waals surface area contributed by atoms with E-state index in [2.05, 4.69) is 20.6 Å². The van der Waals surface area contributed by atoms with Crippen LogP contribution in [0.25, 0.3) is 0 Å². The lowest BCUT2D eigenvalue weighted by atomic mass is 10.0. The van der Waals surface area contributed by atoms with Crippen LogP contribution in [0.2, 0.25) is 0 Å². The Morgan fingerprint density at radius 1 is 1.22 bits per heavy atom. The number of aromatic nitrogens is 2. The summed E-state index contributed by atoms with van der Waals surface area (Å²) in [5.41, 5.74) is 0.266. The Morgan fingerprint density at radius 2 is 1.96 bits per heavy atom. The third-order valence-electron chi connectivity index (χ3n) is 4.80. The number of rotatable bonds is 3. The number of amides is 4. The molecule has 2 aliphatic heterocycles. The summed E-state index contributed by atoms with van der Waals surface area (Å²) in [7, 11) is 0. The molecule has 2 fully saturated rings. The van der Waals surface area contributed by atoms with Crippen LogP contribution in [-0.4, -0.2) is 81.7 Å². The Kier molecular flexibility index (Phi) is 5.63. The fraction of sp³-hybridized carbons (Fsp3) is 0.529. The fourth-order valence-electron chi connectivity index (χ4n) is 3.29. The van der Waals surface area contributed by atoms with Crippen molar-refractivity contribution in [3.63, 3.8) is 0 Å². The number of carbonyl (C=O) groups is 4. The van der Waals surface area contributed by atoms with Gasteiger partial charge in [-0.25, -0.2) is 9.97 Å². The molecule has 0 radical (unpaired) electrons. The largest absolute Gasteiger partial charge is 0.354 e. The highest BCUT2D eigenvalue weighted by atomic mass is 16.2. The van der Waals surface area contributed by atoms with Gasteiger partial charge < -0.3 is 20.4 Å². The molecule has 0 spiro atoms. The van der Waals surface area contributed by atoms with Crippen LogP contribution in [0, 0.1) is 0 Å². The van der Waals surface area contributed by atoms with Crippen LogP contribution < -0.4 is 10.6 Å². The van der Waals surface area contributed by atoms with Crippen molar-refractivity contribution in [3.05, 3.63) is 24.3 Å². The zero-order valence-corrected chi connectivity index (χ0v) is 15.1. The lowest BCUT2D eigenvalue weighted by molar-refractivity contribution is -0.137. The van der Waals surface area contributed by atoms with Gasteiger partial charge in [-0.05, 0) is 12.8 Å². The third-order valence-corrected chi connectivity index (χ3v) is 4.80. The monoisotopic (exact) mass is 374 g/mol. The van der Waals surface area contributed by atoms with Crippen molar-refractivity contribution in [2.45, 2.75) is 31.8 Å². The van der Waals surface area contributed by atoms with Gasteiger partial charge in [0.25, 0.3) is 5.91 Å². The minimum absolute atomic E-state index is 0.0783. The van der Waals surface area contributed by atoms with Crippen molar-refractivity contribution in [3.8, 4) is 0 Å². The summed E-state index contributed by atoms with van der Waals surface area (Å²) in [6.07, 6.45) is 5.40. The molecular weight excluding hydrogens is 352 g/mol. The zero-order valence-electron chi connectivity index (χ0n) is 15.1. The van der Waals surface area contributed by atoms with Crippen molar-refractivity contribution >= 4 is 23.6 Å². The minimum Gasteiger partial charge on any atom is -0.354 e. The molecule has 0 bridgehead atoms. The topological polar surface area (TPSA) is 125 Å². The van der Waals surface area contributed by atoms with E-state index < -0.39 is 18.0 Å². The SMILES string of the molecule is CC(=O)N1CCN(C(=O)c2cncnc2)C(C(=O)NC2CCCNC2=O)C1. The second-order valence-electron chi connectivity index (χ2n) is 6.60. The molecule has 10 nitrogen and oxygen atoms in total. The molecule has 144 valence electrons. The van der Waals surface area contributed by atoms with Gasteiger partial charge in [0, 0.05) is 39.0 Å². The predicted molar refractivity (Wildman–Crippen MR) is 93.3 cm³/mol. The highest BCUT2D eigenvalue weighted by molar-refractivity contribution is 5.98. The van der Waals surface area contributed by atoms with Gasteiger partial charge in [-0.15, -0.1) is 0 Å². The molecule has 27 heavy (non-hydrogen) atoms. The summed E-state index contributed by atoms with van der Waals surface area (Å²) in [4.78, 5) is 60.0. The lowest BCUT2D eigenvalue weighted by Gasteiger charge is -2.40. The van der Waals surface area contributed by atoms with Crippen LogP contribution in [0.5, 0.6) is 0 Å². The van der Waals surface area contributed by atoms with Gasteiger partial charge >= 0.3 is 0 Å². The number of carbonyl (C=O) groups excluding carboxylic acids is 4. The molecule has 0 aliphatic carbocycles. The van der Waals surface area contributed by atoms with Crippen molar-refractivity contribution in [1.29, 1.82) is 0 Å². The molecule has 0 aromatic carbocycles. The zero-order chi connectivity index (χ0) is 19.4. The molecule has 1 aromatic heterocycles. The molecule has 2 N–H and O–H groups in total. The van der Waals surface area contributed by atoms with Gasteiger partial charge in [0.05, 0.1) is 12.1 Å². The van der Waals surface area contributed by atoms with Crippen molar-refractivity contribution in [2.24, 2.45) is 0 Å². The van der Waals surface area contributed by atoms with Crippen LogP contribution >= 0.6 is 0 Å². The molecule has 2 unspecified atom stereocenters. The first-order valence-electron chi connectivity index (χ1n) is 8.87. The molecular formula is C17H22N6O4. The fourth-order valence-corrected chi connectivity index (χ4v) is 3.29. The van der Waals surface area contributed by atoms with Crippen LogP contribution in [0.15, 0.2) is 18.7 Å². The first-order valence-corrected chi connectivity index (χ1v) is 8.87. The smallest absolute Gasteiger partial charge is 0.257 e. The van der Waals surface area contributed by atoms with Gasteiger partial charge in [-0.2, -0.15) is 0 Å². The van der Waals surface area contributed by atoms with E-state index in [1.54, 1.807) is 0 Å². The van der Waals surface area contributed by atoms with E-state index in [0.29, 0.717) is 19.5 Å². The highest BCUT2D eigenvalue weighted by Crippen LogP contribution is 2.15. The Labute approximate surface area is 156 Å². The number of piperazine rings is 1. The van der Waals surface area contributed by atoms with Gasteiger partial charge in [-0.3, -0.25) is 19.2 Å². The van der Waals surface area contributed by atoms with Crippen molar-refractivity contribution in [2.75, 3.05) is 26.2 Å². The second-order valence-corrected chi connectivity index (χ2v) is 6.60. The first kappa shape index (κ1) is 18.7. The Balaban J connectivity index is 1.78. The van der Waals surface area contributed by atoms with E-state index in [9.17, 15) is 19.2 Å². The van der Waals surface area contributed by atoms with Crippen molar-refractivity contribution < 1.29 is 19.2 Å². The standard InChI is InChI=1S/C17H22N6O4/c1-11(24)22-5-6-23(17(27)12-7-18-10-19-8-12)14(9-22)16(26)21-13-3-2-4-20-15(13)25/h7-8,10,13-14H,2-6,9H2,1H3,(H,20,25)(H,21,26). The summed E-state index contributed by atoms with van der Waals surface area (Å²) in [6.45, 7) is 2.64. The maximum absolute atomic E-state index is 12.9. The molecule has 0 saturated carbocycles. The number of hydrogen-bond donors (Lipinski definition) is 2. The van der Waals surface area contributed by atoms with Gasteiger partial charge in [0.2, 0.25) is 17.7 Å². The van der Waals surface area contributed by atoms with Crippen LogP contribution in [0.1, 0.15) is 30.1 Å². The minimum atomic E-state index is -0.884. The molecule has 2 saturated heterocycles. The maximum atomic E-state index is 12.9. The molecule has 3 rings (SSSR count). The first-order chi connectivity index (χ1) is 13.0. The molecule has 2 atom stereocenters. The molecule has 4 amide bonds. The van der Waals surface area contributed by atoms with E-state index in [4.69, 9.17) is 0 Å². The number of hydrogen-bond acceptors (Lipinski definition) is 6. The number of nitrogens with zero attached hydrogens (tertiary/aromatic N) is 4. The van der Waals surface area contributed by atoms with E-state index in [-0.39, 0.29) is 36.4 Å². The number of piperidine rings is 1. The second kappa shape index (κ2) is 8.11. The predicted octanol–water partition coefficient (Wildman–Crippen LogP) is -1.46. The van der Waals surface area contributed by atoms with Gasteiger partial charge in [-0.1, -0.05) is 0 Å². The highest BCUT2D eigenvalue weighted by Gasteiger charge is 2.38. The van der Waals surface area contributed by atoms with Crippen LogP contribution in [0.3, 0.4) is 0 Å². The van der Waals surface area contributed by atoms with Crippen LogP contribution in [-0.2, 0) is 14.4 Å². The molecule has 10 heteroatoms. The summed E-state index contributed by atoms with van der Waals surface area (Å²) < 4.78 is 0. The average molecular weight is 374 g/mol. The summed E-state index contributed by atoms with van der Waals surface area (Å²) >= 11 is 0. The molecule has 1 aromatic rings. The quantitative estimate of drug-likeness (QED) is 0.667. The van der Waals surface area contributed by atoms with Gasteiger partial charge in [0.1, 0.15) is 18.4 Å². The number of nitrogens with one attached hydrogen (secondary N) is 2. The summed E-state index contributed by atoms with van der Waals surface area (Å²) in [5, 5.41) is 5.43. The van der Waals surface area contributed by atoms with E-state index in [1.165, 1.54) is 35.4 Å². The van der Waals surface area contributed by atoms with Crippen LogP contribution in [0.4, 0.5) is 0 Å². The van der Waals surface area contributed by atoms with Crippen molar-refractivity contribution in [1.82, 2.24) is 30.4 Å². The van der Waals surface area contributed by atoms with E-state index in [0.717, 1.165) is 6.42 Å².